The van der Waals surface area contributed by atoms with Crippen LogP contribution >= 0.6 is 0 Å². The Kier molecular flexibility index (Phi) is 4.38. The van der Waals surface area contributed by atoms with Gasteiger partial charge in [0.25, 0.3) is 0 Å². The molecule has 1 heterocycles. The molecule has 0 aromatic heterocycles. The number of fused-ring (bicyclic) bond motifs is 6. The average Bonchev–Trinajstić information content (AvgIpc) is 3.33. The summed E-state index contributed by atoms with van der Waals surface area (Å²) < 4.78 is 6.48. The lowest BCUT2D eigenvalue weighted by Gasteiger charge is -2.59. The largest absolute Gasteiger partial charge is 0.366 e. The fourth-order valence-electron chi connectivity index (χ4n) is 8.55. The van der Waals surface area contributed by atoms with Crippen LogP contribution in [-0.4, -0.2) is 18.2 Å². The summed E-state index contributed by atoms with van der Waals surface area (Å²) in [4.78, 5) is 11.1. The fraction of sp³-hybridized carbons (Fsp3) is 0.833. The maximum Gasteiger partial charge on any atom is 0.110 e. The minimum Gasteiger partial charge on any atom is -0.366 e. The van der Waals surface area contributed by atoms with Gasteiger partial charge < -0.3 is 4.74 Å². The fourth-order valence-corrected chi connectivity index (χ4v) is 8.55. The molecule has 0 amide bonds. The molecule has 5 rings (SSSR count). The number of ether oxygens (including phenoxy) is 1. The van der Waals surface area contributed by atoms with E-state index in [4.69, 9.17) is 4.74 Å². The second kappa shape index (κ2) is 6.54. The molecule has 3 nitrogen and oxygen atoms in total. The molecule has 0 radical (unpaired) electrons. The Morgan fingerprint density at radius 3 is 2.78 bits per heavy atom. The standard InChI is InChI=1S/C24H35NO2/c1-3-16-14-17-15-18(25-26)6-7-19(17)20-8-11-23(4-2)21(22(16)20)9-12-24(23)10-5-13-27-24/h5,10,15-16,18-22H,3-4,6-9,11-14H2,1-2H3/t16?,18?,19-,20?,21?,22?,23-,24-/m0/s1. The van der Waals surface area contributed by atoms with E-state index in [2.05, 4.69) is 37.3 Å². The second-order valence-electron chi connectivity index (χ2n) is 10.0. The molecule has 27 heavy (non-hydrogen) atoms. The summed E-state index contributed by atoms with van der Waals surface area (Å²) in [6.45, 7) is 5.63. The van der Waals surface area contributed by atoms with Gasteiger partial charge in [0, 0.05) is 5.41 Å². The molecule has 5 unspecified atom stereocenters. The van der Waals surface area contributed by atoms with E-state index >= 15 is 0 Å². The first-order valence-electron chi connectivity index (χ1n) is 11.5. The molecule has 5 aliphatic rings. The number of allylic oxidation sites excluding steroid dienone is 1. The summed E-state index contributed by atoms with van der Waals surface area (Å²) in [6.07, 6.45) is 18.1. The van der Waals surface area contributed by atoms with Crippen molar-refractivity contribution in [2.24, 2.45) is 40.2 Å². The smallest absolute Gasteiger partial charge is 0.110 e. The molecule has 0 saturated heterocycles. The third-order valence-electron chi connectivity index (χ3n) is 9.59. The SMILES string of the molecule is CCC1CC2=CC(N=O)CC[C@@H]2C2CC[C@@]3(CC)C(CC[C@@]34C=CCO4)C12. The molecule has 1 spiro atoms. The number of rotatable bonds is 3. The van der Waals surface area contributed by atoms with Crippen molar-refractivity contribution in [2.75, 3.05) is 6.61 Å². The highest BCUT2D eigenvalue weighted by molar-refractivity contribution is 5.27. The zero-order valence-electron chi connectivity index (χ0n) is 17.0. The van der Waals surface area contributed by atoms with E-state index in [0.717, 1.165) is 42.6 Å². The minimum absolute atomic E-state index is 0.0326. The normalized spacial score (nSPS) is 50.8. The van der Waals surface area contributed by atoms with Crippen LogP contribution in [0, 0.1) is 39.9 Å². The van der Waals surface area contributed by atoms with Crippen LogP contribution in [0.4, 0.5) is 0 Å². The minimum atomic E-state index is -0.0598. The summed E-state index contributed by atoms with van der Waals surface area (Å²) in [5.74, 6) is 4.00. The molecule has 0 aromatic rings. The van der Waals surface area contributed by atoms with E-state index in [9.17, 15) is 4.91 Å². The predicted octanol–water partition coefficient (Wildman–Crippen LogP) is 6.05. The van der Waals surface area contributed by atoms with Gasteiger partial charge in [0.05, 0.1) is 12.2 Å². The monoisotopic (exact) mass is 369 g/mol. The van der Waals surface area contributed by atoms with Gasteiger partial charge in [-0.1, -0.05) is 49.2 Å². The van der Waals surface area contributed by atoms with Gasteiger partial charge in [0.1, 0.15) is 6.04 Å². The Balaban J connectivity index is 1.52. The topological polar surface area (TPSA) is 38.7 Å². The molecule has 3 fully saturated rings. The van der Waals surface area contributed by atoms with Crippen LogP contribution in [0.3, 0.4) is 0 Å². The van der Waals surface area contributed by atoms with E-state index < -0.39 is 0 Å². The van der Waals surface area contributed by atoms with Crippen molar-refractivity contribution in [3.8, 4) is 0 Å². The van der Waals surface area contributed by atoms with Crippen LogP contribution in [-0.2, 0) is 4.74 Å². The lowest BCUT2D eigenvalue weighted by Crippen LogP contribution is -2.55. The molecule has 1 aliphatic heterocycles. The van der Waals surface area contributed by atoms with Crippen molar-refractivity contribution >= 4 is 0 Å². The van der Waals surface area contributed by atoms with Crippen LogP contribution in [0.15, 0.2) is 29.0 Å². The van der Waals surface area contributed by atoms with Crippen LogP contribution in [0.5, 0.6) is 0 Å². The number of hydrogen-bond donors (Lipinski definition) is 0. The van der Waals surface area contributed by atoms with Gasteiger partial charge >= 0.3 is 0 Å². The Morgan fingerprint density at radius 1 is 1.19 bits per heavy atom. The van der Waals surface area contributed by atoms with Gasteiger partial charge in [-0.2, -0.15) is 4.91 Å². The predicted molar refractivity (Wildman–Crippen MR) is 108 cm³/mol. The van der Waals surface area contributed by atoms with Crippen molar-refractivity contribution in [3.05, 3.63) is 28.7 Å². The molecule has 4 aliphatic carbocycles. The van der Waals surface area contributed by atoms with Gasteiger partial charge in [-0.05, 0) is 81.0 Å². The lowest BCUT2D eigenvalue weighted by molar-refractivity contribution is -0.133. The van der Waals surface area contributed by atoms with Crippen LogP contribution in [0.1, 0.15) is 71.6 Å². The van der Waals surface area contributed by atoms with Crippen molar-refractivity contribution in [3.63, 3.8) is 0 Å². The van der Waals surface area contributed by atoms with Crippen molar-refractivity contribution in [1.29, 1.82) is 0 Å². The summed E-state index contributed by atoms with van der Waals surface area (Å²) in [7, 11) is 0. The molecule has 148 valence electrons. The molecule has 3 saturated carbocycles. The second-order valence-corrected chi connectivity index (χ2v) is 10.0. The first-order chi connectivity index (χ1) is 13.2. The first-order valence-corrected chi connectivity index (χ1v) is 11.5. The van der Waals surface area contributed by atoms with E-state index in [1.165, 1.54) is 51.4 Å². The number of hydrogen-bond acceptors (Lipinski definition) is 3. The maximum absolute atomic E-state index is 11.1. The van der Waals surface area contributed by atoms with Crippen LogP contribution < -0.4 is 0 Å². The molecule has 0 bridgehead atoms. The molecular formula is C24H35NO2. The van der Waals surface area contributed by atoms with Crippen molar-refractivity contribution in [2.45, 2.75) is 83.3 Å². The molecule has 3 heteroatoms. The van der Waals surface area contributed by atoms with E-state index in [1.807, 2.05) is 0 Å². The number of nitroso groups, excluding NO2 is 1. The summed E-state index contributed by atoms with van der Waals surface area (Å²) in [5, 5.41) is 3.37. The zero-order valence-corrected chi connectivity index (χ0v) is 17.0. The third kappa shape index (κ3) is 2.36. The highest BCUT2D eigenvalue weighted by atomic mass is 16.5. The Morgan fingerprint density at radius 2 is 2.07 bits per heavy atom. The van der Waals surface area contributed by atoms with Gasteiger partial charge in [0.2, 0.25) is 0 Å². The Bertz CT molecular complexity index is 669. The average molecular weight is 370 g/mol. The lowest BCUT2D eigenvalue weighted by atomic mass is 9.47. The molecule has 8 atom stereocenters. The third-order valence-corrected chi connectivity index (χ3v) is 9.59. The van der Waals surface area contributed by atoms with Gasteiger partial charge in [0.15, 0.2) is 0 Å². The van der Waals surface area contributed by atoms with Crippen LogP contribution in [0.25, 0.3) is 0 Å². The zero-order chi connectivity index (χ0) is 18.6. The van der Waals surface area contributed by atoms with Crippen molar-refractivity contribution < 1.29 is 4.74 Å². The summed E-state index contributed by atoms with van der Waals surface area (Å²) >= 11 is 0. The number of nitrogens with zero attached hydrogens (tertiary/aromatic N) is 1. The highest BCUT2D eigenvalue weighted by Gasteiger charge is 2.65. The summed E-state index contributed by atoms with van der Waals surface area (Å²) in [6, 6.07) is -0.0598. The van der Waals surface area contributed by atoms with E-state index in [-0.39, 0.29) is 11.6 Å². The Labute approximate surface area is 164 Å². The Hall–Kier alpha value is -0.960. The summed E-state index contributed by atoms with van der Waals surface area (Å²) in [5.41, 5.74) is 1.98. The van der Waals surface area contributed by atoms with E-state index in [0.29, 0.717) is 5.41 Å². The molecule has 0 N–H and O–H groups in total. The molecule has 0 aromatic carbocycles. The first kappa shape index (κ1) is 18.1. The maximum atomic E-state index is 11.1. The van der Waals surface area contributed by atoms with E-state index in [1.54, 1.807) is 5.57 Å². The van der Waals surface area contributed by atoms with Crippen molar-refractivity contribution in [1.82, 2.24) is 0 Å². The van der Waals surface area contributed by atoms with Gasteiger partial charge in [-0.25, -0.2) is 0 Å². The van der Waals surface area contributed by atoms with Crippen LogP contribution in [0.2, 0.25) is 0 Å². The quantitative estimate of drug-likeness (QED) is 0.449. The van der Waals surface area contributed by atoms with Gasteiger partial charge in [-0.3, -0.25) is 0 Å². The van der Waals surface area contributed by atoms with Gasteiger partial charge in [-0.15, -0.1) is 0 Å². The molecular weight excluding hydrogens is 334 g/mol. The highest BCUT2D eigenvalue weighted by Crippen LogP contribution is 2.69.